The fraction of sp³-hybridized carbons (Fsp3) is 0.100. The lowest BCUT2D eigenvalue weighted by atomic mass is 10.3. The van der Waals surface area contributed by atoms with Crippen LogP contribution in [-0.2, 0) is 0 Å². The topological polar surface area (TPSA) is 61.6 Å². The number of nitrogens with zero attached hydrogens (tertiary/aromatic N) is 3. The summed E-state index contributed by atoms with van der Waals surface area (Å²) >= 11 is 1.57. The number of nitriles is 1. The minimum Gasteiger partial charge on any atom is -0.331 e. The Balaban J connectivity index is 2.21. The highest BCUT2D eigenvalue weighted by Crippen LogP contribution is 2.21. The van der Waals surface area contributed by atoms with E-state index in [1.807, 2.05) is 13.0 Å². The number of thiazole rings is 1. The predicted molar refractivity (Wildman–Crippen MR) is 59.1 cm³/mol. The number of pyridine rings is 1. The normalized spacial score (nSPS) is 9.60. The highest BCUT2D eigenvalue weighted by atomic mass is 32.1. The van der Waals surface area contributed by atoms with Crippen molar-refractivity contribution in [3.05, 3.63) is 35.1 Å². The van der Waals surface area contributed by atoms with Crippen molar-refractivity contribution in [2.24, 2.45) is 0 Å². The van der Waals surface area contributed by atoms with Crippen molar-refractivity contribution in [3.63, 3.8) is 0 Å². The first kappa shape index (κ1) is 9.62. The van der Waals surface area contributed by atoms with Gasteiger partial charge in [-0.15, -0.1) is 11.3 Å². The van der Waals surface area contributed by atoms with Gasteiger partial charge in [-0.2, -0.15) is 5.26 Å². The largest absolute Gasteiger partial charge is 0.331 e. The Kier molecular flexibility index (Phi) is 2.61. The molecule has 0 aliphatic rings. The maximum atomic E-state index is 8.68. The lowest BCUT2D eigenvalue weighted by Crippen LogP contribution is -1.90. The molecule has 0 aliphatic heterocycles. The Morgan fingerprint density at radius 3 is 3.00 bits per heavy atom. The molecule has 15 heavy (non-hydrogen) atoms. The summed E-state index contributed by atoms with van der Waals surface area (Å²) in [5.74, 6) is 0. The second kappa shape index (κ2) is 4.07. The van der Waals surface area contributed by atoms with Crippen LogP contribution in [-0.4, -0.2) is 9.97 Å². The quantitative estimate of drug-likeness (QED) is 0.837. The molecule has 0 amide bonds. The number of nitrogens with one attached hydrogen (secondary N) is 1. The molecule has 0 radical (unpaired) electrons. The minimum atomic E-state index is 0.397. The van der Waals surface area contributed by atoms with Gasteiger partial charge in [0.1, 0.15) is 11.8 Å². The van der Waals surface area contributed by atoms with Crippen molar-refractivity contribution in [1.82, 2.24) is 9.97 Å². The lowest BCUT2D eigenvalue weighted by Gasteiger charge is -2.00. The van der Waals surface area contributed by atoms with Gasteiger partial charge in [0.15, 0.2) is 5.13 Å². The van der Waals surface area contributed by atoms with Gasteiger partial charge in [-0.1, -0.05) is 0 Å². The third-order valence-corrected chi connectivity index (χ3v) is 2.58. The Morgan fingerprint density at radius 1 is 1.47 bits per heavy atom. The summed E-state index contributed by atoms with van der Waals surface area (Å²) < 4.78 is 0. The summed E-state index contributed by atoms with van der Waals surface area (Å²) in [5, 5.41) is 12.6. The zero-order chi connectivity index (χ0) is 10.7. The first-order valence-corrected chi connectivity index (χ1v) is 5.15. The molecule has 0 unspecified atom stereocenters. The maximum absolute atomic E-state index is 8.68. The Labute approximate surface area is 91.2 Å². The van der Waals surface area contributed by atoms with Gasteiger partial charge < -0.3 is 5.32 Å². The average Bonchev–Trinajstić information content (AvgIpc) is 2.64. The Hall–Kier alpha value is -1.93. The first-order chi connectivity index (χ1) is 7.28. The van der Waals surface area contributed by atoms with E-state index in [2.05, 4.69) is 15.3 Å². The smallest absolute Gasteiger partial charge is 0.187 e. The maximum Gasteiger partial charge on any atom is 0.187 e. The van der Waals surface area contributed by atoms with Crippen LogP contribution in [0.2, 0.25) is 0 Å². The summed E-state index contributed by atoms with van der Waals surface area (Å²) in [7, 11) is 0. The molecule has 0 atom stereocenters. The average molecular weight is 216 g/mol. The molecule has 74 valence electrons. The molecule has 1 N–H and O–H groups in total. The predicted octanol–water partition coefficient (Wildman–Crippen LogP) is 2.46. The van der Waals surface area contributed by atoms with Crippen molar-refractivity contribution in [2.45, 2.75) is 6.92 Å². The van der Waals surface area contributed by atoms with Crippen molar-refractivity contribution in [1.29, 1.82) is 5.26 Å². The number of rotatable bonds is 2. The van der Waals surface area contributed by atoms with Crippen LogP contribution in [0.5, 0.6) is 0 Å². The van der Waals surface area contributed by atoms with E-state index in [4.69, 9.17) is 5.26 Å². The van der Waals surface area contributed by atoms with Gasteiger partial charge in [-0.3, -0.25) is 0 Å². The Morgan fingerprint density at radius 2 is 2.33 bits per heavy atom. The molecule has 0 aromatic carbocycles. The van der Waals surface area contributed by atoms with Crippen molar-refractivity contribution < 1.29 is 0 Å². The molecule has 2 heterocycles. The second-order valence-electron chi connectivity index (χ2n) is 2.94. The molecular weight excluding hydrogens is 208 g/mol. The third-order valence-electron chi connectivity index (χ3n) is 1.75. The molecule has 2 rings (SSSR count). The van der Waals surface area contributed by atoms with E-state index in [1.165, 1.54) is 0 Å². The van der Waals surface area contributed by atoms with E-state index in [-0.39, 0.29) is 0 Å². The van der Waals surface area contributed by atoms with Crippen LogP contribution in [0.15, 0.2) is 24.5 Å². The fourth-order valence-electron chi connectivity index (χ4n) is 1.11. The molecule has 4 nitrogen and oxygen atoms in total. The highest BCUT2D eigenvalue weighted by Gasteiger charge is 2.00. The number of anilines is 2. The molecule has 0 saturated carbocycles. The van der Waals surface area contributed by atoms with Crippen LogP contribution >= 0.6 is 11.3 Å². The fourth-order valence-corrected chi connectivity index (χ4v) is 1.79. The summed E-state index contributed by atoms with van der Waals surface area (Å²) in [4.78, 5) is 9.20. The standard InChI is InChI=1S/C10H8N4S/c1-7-6-13-10(15-7)14-8-2-3-12-9(4-8)5-11/h2-4,6H,1H3,(H,12,13,14). The number of hydrogen-bond acceptors (Lipinski definition) is 5. The van der Waals surface area contributed by atoms with Crippen molar-refractivity contribution in [3.8, 4) is 6.07 Å². The molecule has 2 aromatic heterocycles. The summed E-state index contributed by atoms with van der Waals surface area (Å²) in [6.45, 7) is 2.00. The molecule has 0 aliphatic carbocycles. The van der Waals surface area contributed by atoms with Gasteiger partial charge in [0, 0.05) is 23.0 Å². The minimum absolute atomic E-state index is 0.397. The zero-order valence-corrected chi connectivity index (χ0v) is 8.88. The summed E-state index contributed by atoms with van der Waals surface area (Å²) in [6.07, 6.45) is 3.40. The van der Waals surface area contributed by atoms with E-state index in [9.17, 15) is 0 Å². The molecule has 0 saturated heterocycles. The molecule has 5 heteroatoms. The SMILES string of the molecule is Cc1cnc(Nc2ccnc(C#N)c2)s1. The molecule has 0 fully saturated rings. The highest BCUT2D eigenvalue weighted by molar-refractivity contribution is 7.15. The van der Waals surface area contributed by atoms with Crippen molar-refractivity contribution >= 4 is 22.2 Å². The third kappa shape index (κ3) is 2.30. The lowest BCUT2D eigenvalue weighted by molar-refractivity contribution is 1.26. The number of hydrogen-bond donors (Lipinski definition) is 1. The number of aromatic nitrogens is 2. The zero-order valence-electron chi connectivity index (χ0n) is 8.06. The second-order valence-corrected chi connectivity index (χ2v) is 4.18. The van der Waals surface area contributed by atoms with Crippen LogP contribution in [0.4, 0.5) is 10.8 Å². The van der Waals surface area contributed by atoms with E-state index in [0.717, 1.165) is 15.7 Å². The van der Waals surface area contributed by atoms with E-state index in [1.54, 1.807) is 35.9 Å². The van der Waals surface area contributed by atoms with Gasteiger partial charge in [-0.05, 0) is 19.1 Å². The van der Waals surface area contributed by atoms with Crippen molar-refractivity contribution in [2.75, 3.05) is 5.32 Å². The molecule has 0 bridgehead atoms. The first-order valence-electron chi connectivity index (χ1n) is 4.33. The van der Waals surface area contributed by atoms with Crippen LogP contribution in [0, 0.1) is 18.3 Å². The molecular formula is C10H8N4S. The van der Waals surface area contributed by atoms with E-state index in [0.29, 0.717) is 5.69 Å². The molecule has 2 aromatic rings. The van der Waals surface area contributed by atoms with Crippen LogP contribution < -0.4 is 5.32 Å². The van der Waals surface area contributed by atoms with E-state index < -0.39 is 0 Å². The van der Waals surface area contributed by atoms with E-state index >= 15 is 0 Å². The van der Waals surface area contributed by atoms with Crippen LogP contribution in [0.1, 0.15) is 10.6 Å². The summed E-state index contributed by atoms with van der Waals surface area (Å²) in [5.41, 5.74) is 1.23. The van der Waals surface area contributed by atoms with Crippen LogP contribution in [0.3, 0.4) is 0 Å². The van der Waals surface area contributed by atoms with Gasteiger partial charge in [0.05, 0.1) is 0 Å². The van der Waals surface area contributed by atoms with Gasteiger partial charge in [0.2, 0.25) is 0 Å². The Bertz CT molecular complexity index is 512. The van der Waals surface area contributed by atoms with Gasteiger partial charge >= 0.3 is 0 Å². The molecule has 0 spiro atoms. The monoisotopic (exact) mass is 216 g/mol. The number of aryl methyl sites for hydroxylation is 1. The van der Waals surface area contributed by atoms with Gasteiger partial charge in [0.25, 0.3) is 0 Å². The summed E-state index contributed by atoms with van der Waals surface area (Å²) in [6, 6.07) is 5.48. The van der Waals surface area contributed by atoms with Gasteiger partial charge in [-0.25, -0.2) is 9.97 Å². The van der Waals surface area contributed by atoms with Crippen LogP contribution in [0.25, 0.3) is 0 Å².